The van der Waals surface area contributed by atoms with Crippen molar-refractivity contribution >= 4 is 32.6 Å². The maximum atomic E-state index is 12.7. The molecule has 8 heteroatoms. The van der Waals surface area contributed by atoms with E-state index in [1.54, 1.807) is 51.3 Å². The molecule has 148 valence electrons. The van der Waals surface area contributed by atoms with E-state index < -0.39 is 15.9 Å². The Morgan fingerprint density at radius 1 is 1.11 bits per heavy atom. The fraction of sp³-hybridized carbons (Fsp3) is 0.250. The first-order chi connectivity index (χ1) is 13.1. The number of sulfonamides is 1. The Kier molecular flexibility index (Phi) is 5.18. The first-order valence-electron chi connectivity index (χ1n) is 8.57. The molecule has 0 bridgehead atoms. The molecular formula is C20H22N2O5S. The number of furan rings is 1. The summed E-state index contributed by atoms with van der Waals surface area (Å²) in [6, 6.07) is 10.1. The number of ether oxygens (including phenoxy) is 1. The molecule has 1 N–H and O–H groups in total. The monoisotopic (exact) mass is 402 g/mol. The quantitative estimate of drug-likeness (QED) is 0.705. The summed E-state index contributed by atoms with van der Waals surface area (Å²) in [6.07, 6.45) is 0. The van der Waals surface area contributed by atoms with Crippen LogP contribution in [0.4, 0.5) is 5.69 Å². The van der Waals surface area contributed by atoms with Gasteiger partial charge in [-0.3, -0.25) is 4.79 Å². The number of anilines is 1. The summed E-state index contributed by atoms with van der Waals surface area (Å²) in [5, 5.41) is 3.50. The van der Waals surface area contributed by atoms with Crippen LogP contribution in [-0.4, -0.2) is 39.8 Å². The van der Waals surface area contributed by atoms with E-state index in [2.05, 4.69) is 5.32 Å². The van der Waals surface area contributed by atoms with E-state index in [0.717, 1.165) is 9.69 Å². The Bertz CT molecular complexity index is 1160. The van der Waals surface area contributed by atoms with Crippen LogP contribution in [0.15, 0.2) is 45.7 Å². The molecule has 28 heavy (non-hydrogen) atoms. The summed E-state index contributed by atoms with van der Waals surface area (Å²) in [6.45, 7) is 3.50. The Hall–Kier alpha value is -2.84. The summed E-state index contributed by atoms with van der Waals surface area (Å²) in [5.74, 6) is 0.381. The van der Waals surface area contributed by atoms with Crippen molar-refractivity contribution in [1.29, 1.82) is 0 Å². The van der Waals surface area contributed by atoms with Crippen molar-refractivity contribution in [2.45, 2.75) is 18.7 Å². The molecule has 0 aliphatic rings. The van der Waals surface area contributed by atoms with E-state index in [1.807, 2.05) is 0 Å². The van der Waals surface area contributed by atoms with E-state index in [0.29, 0.717) is 28.1 Å². The number of aryl methyl sites for hydroxylation is 2. The zero-order valence-electron chi connectivity index (χ0n) is 16.4. The van der Waals surface area contributed by atoms with Gasteiger partial charge in [-0.05, 0) is 49.7 Å². The molecule has 1 aromatic heterocycles. The number of benzene rings is 2. The number of carbonyl (C=O) groups excluding carboxylic acids is 1. The fourth-order valence-electron chi connectivity index (χ4n) is 2.88. The van der Waals surface area contributed by atoms with Gasteiger partial charge >= 0.3 is 0 Å². The molecule has 0 unspecified atom stereocenters. The normalized spacial score (nSPS) is 11.8. The second-order valence-corrected chi connectivity index (χ2v) is 8.76. The summed E-state index contributed by atoms with van der Waals surface area (Å²) >= 11 is 0. The van der Waals surface area contributed by atoms with Crippen LogP contribution < -0.4 is 10.1 Å². The van der Waals surface area contributed by atoms with Crippen LogP contribution in [0.25, 0.3) is 11.0 Å². The molecule has 0 spiro atoms. The summed E-state index contributed by atoms with van der Waals surface area (Å²) in [4.78, 5) is 12.9. The molecule has 3 aromatic rings. The lowest BCUT2D eigenvalue weighted by Gasteiger charge is -2.15. The number of amides is 1. The van der Waals surface area contributed by atoms with Gasteiger partial charge in [0.25, 0.3) is 5.91 Å². The largest absolute Gasteiger partial charge is 0.497 e. The predicted octanol–water partition coefficient (Wildman–Crippen LogP) is 3.56. The Balaban J connectivity index is 1.96. The number of rotatable bonds is 5. The zero-order valence-corrected chi connectivity index (χ0v) is 17.2. The molecule has 0 aliphatic carbocycles. The second-order valence-electron chi connectivity index (χ2n) is 6.64. The SMILES string of the molecule is COc1ccc2oc(C(=O)Nc3ccc(C)c(S(=O)(=O)N(C)C)c3)c(C)c2c1. The molecule has 1 amide bonds. The predicted molar refractivity (Wildman–Crippen MR) is 108 cm³/mol. The van der Waals surface area contributed by atoms with Gasteiger partial charge in [-0.15, -0.1) is 0 Å². The minimum absolute atomic E-state index is 0.140. The highest BCUT2D eigenvalue weighted by Crippen LogP contribution is 2.30. The van der Waals surface area contributed by atoms with Crippen molar-refractivity contribution < 1.29 is 22.4 Å². The van der Waals surface area contributed by atoms with Gasteiger partial charge in [-0.2, -0.15) is 0 Å². The van der Waals surface area contributed by atoms with Crippen molar-refractivity contribution in [3.63, 3.8) is 0 Å². The first kappa shape index (κ1) is 19.9. The van der Waals surface area contributed by atoms with Crippen molar-refractivity contribution in [2.24, 2.45) is 0 Å². The number of hydrogen-bond acceptors (Lipinski definition) is 5. The van der Waals surface area contributed by atoms with Gasteiger partial charge in [0.15, 0.2) is 5.76 Å². The van der Waals surface area contributed by atoms with Crippen molar-refractivity contribution in [2.75, 3.05) is 26.5 Å². The third-order valence-corrected chi connectivity index (χ3v) is 6.51. The maximum Gasteiger partial charge on any atom is 0.291 e. The van der Waals surface area contributed by atoms with Crippen LogP contribution in [0.2, 0.25) is 0 Å². The van der Waals surface area contributed by atoms with Crippen molar-refractivity contribution in [1.82, 2.24) is 4.31 Å². The lowest BCUT2D eigenvalue weighted by molar-refractivity contribution is 0.0998. The Morgan fingerprint density at radius 2 is 1.82 bits per heavy atom. The third-order valence-electron chi connectivity index (χ3n) is 4.55. The standard InChI is InChI=1S/C20H22N2O5S/c1-12-6-7-14(10-18(12)28(24,25)22(3)4)21-20(23)19-13(2)16-11-15(26-5)8-9-17(16)27-19/h6-11H,1-5H3,(H,21,23). The Labute approximate surface area is 163 Å². The minimum Gasteiger partial charge on any atom is -0.497 e. The molecule has 0 atom stereocenters. The van der Waals surface area contributed by atoms with Crippen LogP contribution in [-0.2, 0) is 10.0 Å². The van der Waals surface area contributed by atoms with Gasteiger partial charge in [0, 0.05) is 30.7 Å². The highest BCUT2D eigenvalue weighted by atomic mass is 32.2. The lowest BCUT2D eigenvalue weighted by atomic mass is 10.1. The van der Waals surface area contributed by atoms with Gasteiger partial charge < -0.3 is 14.5 Å². The third kappa shape index (κ3) is 3.48. The molecule has 0 fully saturated rings. The number of methoxy groups -OCH3 is 1. The van der Waals surface area contributed by atoms with E-state index in [9.17, 15) is 13.2 Å². The van der Waals surface area contributed by atoms with E-state index in [1.165, 1.54) is 20.2 Å². The van der Waals surface area contributed by atoms with E-state index in [4.69, 9.17) is 9.15 Å². The highest BCUT2D eigenvalue weighted by Gasteiger charge is 2.22. The van der Waals surface area contributed by atoms with Crippen LogP contribution in [0.3, 0.4) is 0 Å². The first-order valence-corrected chi connectivity index (χ1v) is 10.0. The van der Waals surface area contributed by atoms with Gasteiger partial charge in [0.05, 0.1) is 12.0 Å². The van der Waals surface area contributed by atoms with Crippen LogP contribution in [0.5, 0.6) is 5.75 Å². The van der Waals surface area contributed by atoms with Gasteiger partial charge in [-0.25, -0.2) is 12.7 Å². The molecule has 3 rings (SSSR count). The Morgan fingerprint density at radius 3 is 2.46 bits per heavy atom. The number of fused-ring (bicyclic) bond motifs is 1. The van der Waals surface area contributed by atoms with E-state index in [-0.39, 0.29) is 10.7 Å². The van der Waals surface area contributed by atoms with Gasteiger partial charge in [0.2, 0.25) is 10.0 Å². The second kappa shape index (κ2) is 7.29. The lowest BCUT2D eigenvalue weighted by Crippen LogP contribution is -2.23. The molecule has 0 radical (unpaired) electrons. The van der Waals surface area contributed by atoms with Crippen molar-refractivity contribution in [3.05, 3.63) is 53.3 Å². The maximum absolute atomic E-state index is 12.7. The van der Waals surface area contributed by atoms with E-state index >= 15 is 0 Å². The molecule has 0 aliphatic heterocycles. The van der Waals surface area contributed by atoms with Crippen LogP contribution in [0, 0.1) is 13.8 Å². The van der Waals surface area contributed by atoms with Crippen molar-refractivity contribution in [3.8, 4) is 5.75 Å². The smallest absolute Gasteiger partial charge is 0.291 e. The fourth-order valence-corrected chi connectivity index (χ4v) is 4.03. The summed E-state index contributed by atoms with van der Waals surface area (Å²) in [5.41, 5.74) is 2.22. The molecule has 0 saturated heterocycles. The molecule has 1 heterocycles. The number of nitrogens with zero attached hydrogens (tertiary/aromatic N) is 1. The molecular weight excluding hydrogens is 380 g/mol. The number of carbonyl (C=O) groups is 1. The molecule has 2 aromatic carbocycles. The van der Waals surface area contributed by atoms with Gasteiger partial charge in [-0.1, -0.05) is 6.07 Å². The highest BCUT2D eigenvalue weighted by molar-refractivity contribution is 7.89. The minimum atomic E-state index is -3.62. The van der Waals surface area contributed by atoms with Crippen LogP contribution in [0.1, 0.15) is 21.7 Å². The summed E-state index contributed by atoms with van der Waals surface area (Å²) < 4.78 is 37.0. The number of hydrogen-bond donors (Lipinski definition) is 1. The summed E-state index contributed by atoms with van der Waals surface area (Å²) in [7, 11) is 0.877. The number of nitrogens with one attached hydrogen (secondary N) is 1. The average molecular weight is 402 g/mol. The average Bonchev–Trinajstić information content (AvgIpc) is 2.99. The molecule has 0 saturated carbocycles. The molecule has 7 nitrogen and oxygen atoms in total. The topological polar surface area (TPSA) is 88.8 Å². The van der Waals surface area contributed by atoms with Gasteiger partial charge in [0.1, 0.15) is 11.3 Å². The zero-order chi connectivity index (χ0) is 20.6. The van der Waals surface area contributed by atoms with Crippen LogP contribution >= 0.6 is 0 Å².